The van der Waals surface area contributed by atoms with Crippen LogP contribution in [0.3, 0.4) is 0 Å². The molecule has 33 heavy (non-hydrogen) atoms. The third-order valence-corrected chi connectivity index (χ3v) is 6.50. The Kier molecular flexibility index (Phi) is 6.70. The zero-order chi connectivity index (χ0) is 23.7. The highest BCUT2D eigenvalue weighted by molar-refractivity contribution is 6.32. The van der Waals surface area contributed by atoms with Gasteiger partial charge in [-0.2, -0.15) is 10.4 Å². The van der Waals surface area contributed by atoms with Crippen molar-refractivity contribution < 1.29 is 9.84 Å². The van der Waals surface area contributed by atoms with Crippen LogP contribution in [0.4, 0.5) is 5.82 Å². The lowest BCUT2D eigenvalue weighted by Gasteiger charge is -2.41. The third-order valence-electron chi connectivity index (χ3n) is 6.21. The maximum atomic E-state index is 9.90. The van der Waals surface area contributed by atoms with Crippen LogP contribution >= 0.6 is 11.6 Å². The van der Waals surface area contributed by atoms with Crippen LogP contribution in [0.1, 0.15) is 54.6 Å². The molecule has 174 valence electrons. The highest BCUT2D eigenvalue weighted by atomic mass is 35.5. The summed E-state index contributed by atoms with van der Waals surface area (Å²) in [5.41, 5.74) is 9.59. The number of aromatic nitrogens is 4. The lowest BCUT2D eigenvalue weighted by atomic mass is 9.85. The van der Waals surface area contributed by atoms with E-state index in [0.29, 0.717) is 34.4 Å². The minimum Gasteiger partial charge on any atom is -0.493 e. The molecule has 0 bridgehead atoms. The first kappa shape index (κ1) is 23.2. The van der Waals surface area contributed by atoms with Crippen molar-refractivity contribution in [3.63, 3.8) is 0 Å². The molecule has 9 nitrogen and oxygen atoms in total. The molecule has 10 heteroatoms. The minimum atomic E-state index is -0.272. The number of aryl methyl sites for hydroxylation is 1. The molecular weight excluding hydrogens is 442 g/mol. The van der Waals surface area contributed by atoms with E-state index in [2.05, 4.69) is 20.9 Å². The average Bonchev–Trinajstić information content (AvgIpc) is 3.11. The molecule has 1 aliphatic heterocycles. The zero-order valence-electron chi connectivity index (χ0n) is 19.0. The van der Waals surface area contributed by atoms with Gasteiger partial charge in [0.1, 0.15) is 24.0 Å². The number of ether oxygens (including phenoxy) is 1. The predicted octanol–water partition coefficient (Wildman–Crippen LogP) is 3.03. The van der Waals surface area contributed by atoms with E-state index in [1.807, 2.05) is 20.8 Å². The van der Waals surface area contributed by atoms with Gasteiger partial charge >= 0.3 is 0 Å². The summed E-state index contributed by atoms with van der Waals surface area (Å²) in [5.74, 6) is 1.19. The maximum Gasteiger partial charge on any atom is 0.164 e. The molecule has 3 aromatic rings. The van der Waals surface area contributed by atoms with E-state index in [9.17, 15) is 5.26 Å². The van der Waals surface area contributed by atoms with Gasteiger partial charge in [0.15, 0.2) is 5.65 Å². The number of fused-ring (bicyclic) bond motifs is 1. The van der Waals surface area contributed by atoms with E-state index >= 15 is 0 Å². The second-order valence-electron chi connectivity index (χ2n) is 8.31. The molecule has 0 spiro atoms. The summed E-state index contributed by atoms with van der Waals surface area (Å²) in [7, 11) is 0. The van der Waals surface area contributed by atoms with Crippen molar-refractivity contribution >= 4 is 28.5 Å². The van der Waals surface area contributed by atoms with Crippen molar-refractivity contribution in [1.29, 1.82) is 5.26 Å². The van der Waals surface area contributed by atoms with Gasteiger partial charge in [0.05, 0.1) is 34.3 Å². The number of hydrogen-bond acceptors (Lipinski definition) is 8. The van der Waals surface area contributed by atoms with E-state index < -0.39 is 0 Å². The molecule has 4 rings (SSSR count). The van der Waals surface area contributed by atoms with Gasteiger partial charge in [0, 0.05) is 43.3 Å². The molecule has 1 aromatic carbocycles. The summed E-state index contributed by atoms with van der Waals surface area (Å²) in [4.78, 5) is 10.8. The van der Waals surface area contributed by atoms with Crippen molar-refractivity contribution in [1.82, 2.24) is 24.6 Å². The summed E-state index contributed by atoms with van der Waals surface area (Å²) < 4.78 is 7.96. The summed E-state index contributed by atoms with van der Waals surface area (Å²) in [6, 6.07) is 3.82. The van der Waals surface area contributed by atoms with Crippen LogP contribution in [0.15, 0.2) is 12.4 Å². The van der Waals surface area contributed by atoms with Crippen LogP contribution in [-0.4, -0.2) is 62.6 Å². The van der Waals surface area contributed by atoms with Gasteiger partial charge < -0.3 is 20.5 Å². The second kappa shape index (κ2) is 9.51. The van der Waals surface area contributed by atoms with Gasteiger partial charge in [-0.1, -0.05) is 11.6 Å². The Morgan fingerprint density at radius 1 is 1.39 bits per heavy atom. The number of aliphatic hydroxyl groups excluding tert-OH is 1. The number of aliphatic hydroxyl groups is 1. The molecule has 0 radical (unpaired) electrons. The Balaban J connectivity index is 1.82. The lowest BCUT2D eigenvalue weighted by Crippen LogP contribution is -2.46. The van der Waals surface area contributed by atoms with Crippen LogP contribution < -0.4 is 10.5 Å². The fraction of sp³-hybridized carbons (Fsp3) is 0.478. The Labute approximate surface area is 197 Å². The summed E-state index contributed by atoms with van der Waals surface area (Å²) in [5, 5.41) is 24.8. The molecule has 0 saturated carbocycles. The van der Waals surface area contributed by atoms with E-state index in [0.717, 1.165) is 48.3 Å². The number of hydrogen-bond donors (Lipinski definition) is 2. The van der Waals surface area contributed by atoms with Crippen molar-refractivity contribution in [2.75, 3.05) is 38.6 Å². The standard InChI is InChI=1S/C23H28ClN7O2/c1-4-33-21-16(14(3)31-23-19(13(2)29-31)22(26)27-12-28-23)8-18(24)17(9-25)20(21)15-10-30(11-15)6-5-7-32/h8,12,14-15,32H,4-7,10-11H2,1-3H3,(H2,26,27,28). The number of likely N-dealkylation sites (tertiary alicyclic amines) is 1. The smallest absolute Gasteiger partial charge is 0.164 e. The Hall–Kier alpha value is -2.93. The molecule has 1 fully saturated rings. The van der Waals surface area contributed by atoms with Gasteiger partial charge in [0.25, 0.3) is 0 Å². The normalized spacial score (nSPS) is 15.4. The van der Waals surface area contributed by atoms with Gasteiger partial charge in [-0.05, 0) is 33.3 Å². The van der Waals surface area contributed by atoms with Crippen LogP contribution in [0.2, 0.25) is 5.02 Å². The topological polar surface area (TPSA) is 126 Å². The van der Waals surface area contributed by atoms with Crippen molar-refractivity contribution in [3.8, 4) is 11.8 Å². The van der Waals surface area contributed by atoms with Gasteiger partial charge in [-0.25, -0.2) is 14.6 Å². The fourth-order valence-corrected chi connectivity index (χ4v) is 4.85. The number of nitrogens with zero attached hydrogens (tertiary/aromatic N) is 6. The molecule has 0 amide bonds. The maximum absolute atomic E-state index is 9.90. The number of rotatable bonds is 8. The van der Waals surface area contributed by atoms with Gasteiger partial charge in [-0.15, -0.1) is 0 Å². The largest absolute Gasteiger partial charge is 0.493 e. The van der Waals surface area contributed by atoms with Crippen LogP contribution in [0, 0.1) is 18.3 Å². The Bertz CT molecular complexity index is 1210. The third kappa shape index (κ3) is 4.10. The minimum absolute atomic E-state index is 0.124. The first-order valence-corrected chi connectivity index (χ1v) is 11.5. The molecule has 3 heterocycles. The summed E-state index contributed by atoms with van der Waals surface area (Å²) in [6.07, 6.45) is 2.16. The number of benzene rings is 1. The molecular formula is C23H28ClN7O2. The van der Waals surface area contributed by atoms with E-state index in [1.165, 1.54) is 6.33 Å². The van der Waals surface area contributed by atoms with Crippen molar-refractivity contribution in [2.45, 2.75) is 39.2 Å². The Morgan fingerprint density at radius 2 is 2.15 bits per heavy atom. The number of anilines is 1. The van der Waals surface area contributed by atoms with Crippen molar-refractivity contribution in [2.24, 2.45) is 0 Å². The predicted molar refractivity (Wildman–Crippen MR) is 127 cm³/mol. The average molecular weight is 470 g/mol. The first-order chi connectivity index (χ1) is 15.9. The number of halogens is 1. The quantitative estimate of drug-likeness (QED) is 0.515. The summed E-state index contributed by atoms with van der Waals surface area (Å²) >= 11 is 6.63. The number of nitrogens with two attached hydrogens (primary N) is 1. The molecule has 1 aliphatic rings. The van der Waals surface area contributed by atoms with E-state index in [-0.39, 0.29) is 18.6 Å². The molecule has 0 aliphatic carbocycles. The fourth-order valence-electron chi connectivity index (χ4n) is 4.59. The number of nitriles is 1. The monoisotopic (exact) mass is 469 g/mol. The van der Waals surface area contributed by atoms with Crippen LogP contribution in [0.25, 0.3) is 11.0 Å². The first-order valence-electron chi connectivity index (χ1n) is 11.1. The molecule has 1 atom stereocenters. The highest BCUT2D eigenvalue weighted by Gasteiger charge is 2.35. The van der Waals surface area contributed by atoms with Crippen molar-refractivity contribution in [3.05, 3.63) is 39.8 Å². The molecule has 3 N–H and O–H groups in total. The van der Waals surface area contributed by atoms with E-state index in [4.69, 9.17) is 32.3 Å². The molecule has 1 unspecified atom stereocenters. The molecule has 1 saturated heterocycles. The van der Waals surface area contributed by atoms with Crippen LogP contribution in [0.5, 0.6) is 5.75 Å². The molecule has 2 aromatic heterocycles. The van der Waals surface area contributed by atoms with Gasteiger partial charge in [-0.3, -0.25) is 0 Å². The zero-order valence-corrected chi connectivity index (χ0v) is 19.8. The second-order valence-corrected chi connectivity index (χ2v) is 8.71. The lowest BCUT2D eigenvalue weighted by molar-refractivity contribution is 0.131. The van der Waals surface area contributed by atoms with Crippen LogP contribution in [-0.2, 0) is 0 Å². The SMILES string of the molecule is CCOc1c(C(C)n2nc(C)c3c(N)ncnc32)cc(Cl)c(C#N)c1C1CN(CCCO)C1. The Morgan fingerprint density at radius 3 is 2.82 bits per heavy atom. The van der Waals surface area contributed by atoms with Gasteiger partial charge in [0.2, 0.25) is 0 Å². The highest BCUT2D eigenvalue weighted by Crippen LogP contribution is 2.44. The summed E-state index contributed by atoms with van der Waals surface area (Å²) in [6.45, 7) is 8.82. The number of nitrogen functional groups attached to an aromatic ring is 1. The van der Waals surface area contributed by atoms with E-state index in [1.54, 1.807) is 10.7 Å².